The Morgan fingerprint density at radius 1 is 1.42 bits per heavy atom. The normalized spacial score (nSPS) is 18.0. The van der Waals surface area contributed by atoms with Crippen molar-refractivity contribution in [3.63, 3.8) is 0 Å². The molecule has 1 N–H and O–H groups in total. The van der Waals surface area contributed by atoms with Crippen molar-refractivity contribution < 1.29 is 9.53 Å². The second-order valence-corrected chi connectivity index (χ2v) is 6.31. The fourth-order valence-corrected chi connectivity index (χ4v) is 3.20. The smallest absolute Gasteiger partial charge is 0.217 e. The maximum atomic E-state index is 11.3. The Labute approximate surface area is 145 Å². The number of hydrogen-bond acceptors (Lipinski definition) is 3. The Hall–Kier alpha value is -2.07. The number of piperidine rings is 1. The molecule has 1 fully saturated rings. The molecule has 1 amide bonds. The topological polar surface area (TPSA) is 41.6 Å². The predicted octanol–water partition coefficient (Wildman–Crippen LogP) is 3.08. The summed E-state index contributed by atoms with van der Waals surface area (Å²) in [5, 5.41) is 3.04. The van der Waals surface area contributed by atoms with E-state index in [0.29, 0.717) is 6.61 Å². The van der Waals surface area contributed by atoms with Gasteiger partial charge < -0.3 is 10.1 Å². The molecule has 0 bridgehead atoms. The summed E-state index contributed by atoms with van der Waals surface area (Å²) in [5.41, 5.74) is 2.42. The maximum absolute atomic E-state index is 11.3. The quantitative estimate of drug-likeness (QED) is 0.746. The summed E-state index contributed by atoms with van der Waals surface area (Å²) in [6, 6.07) is 6.61. The lowest BCUT2D eigenvalue weighted by Crippen LogP contribution is -2.46. The van der Waals surface area contributed by atoms with E-state index in [1.165, 1.54) is 5.56 Å². The Kier molecular flexibility index (Phi) is 7.07. The van der Waals surface area contributed by atoms with Gasteiger partial charge in [0.2, 0.25) is 5.91 Å². The van der Waals surface area contributed by atoms with Gasteiger partial charge in [-0.15, -0.1) is 6.58 Å². The van der Waals surface area contributed by atoms with Crippen LogP contribution in [0.3, 0.4) is 0 Å². The molecule has 130 valence electrons. The van der Waals surface area contributed by atoms with Crippen molar-refractivity contribution in [3.05, 3.63) is 54.6 Å². The lowest BCUT2D eigenvalue weighted by atomic mass is 10.0. The van der Waals surface area contributed by atoms with Crippen molar-refractivity contribution in [2.45, 2.75) is 38.8 Å². The van der Waals surface area contributed by atoms with Crippen LogP contribution < -0.4 is 10.1 Å². The lowest BCUT2D eigenvalue weighted by Gasteiger charge is -2.33. The van der Waals surface area contributed by atoms with E-state index in [1.54, 1.807) is 13.0 Å². The number of benzene rings is 1. The fraction of sp³-hybridized carbons (Fsp3) is 0.450. The summed E-state index contributed by atoms with van der Waals surface area (Å²) in [6.45, 7) is 12.5. The second-order valence-electron chi connectivity index (χ2n) is 6.31. The molecule has 1 aliphatic heterocycles. The maximum Gasteiger partial charge on any atom is 0.217 e. The number of carbonyl (C=O) groups is 1. The van der Waals surface area contributed by atoms with Crippen LogP contribution in [0.1, 0.15) is 30.9 Å². The van der Waals surface area contributed by atoms with Crippen LogP contribution in [0.4, 0.5) is 0 Å². The summed E-state index contributed by atoms with van der Waals surface area (Å²) in [4.78, 5) is 13.7. The number of rotatable bonds is 8. The number of allylic oxidation sites excluding steroid dienone is 1. The van der Waals surface area contributed by atoms with Crippen LogP contribution in [0.25, 0.3) is 0 Å². The first-order chi connectivity index (χ1) is 11.6. The number of carbonyl (C=O) groups excluding carboxylic acids is 1. The third kappa shape index (κ3) is 5.53. The molecule has 0 radical (unpaired) electrons. The first-order valence-electron chi connectivity index (χ1n) is 8.58. The monoisotopic (exact) mass is 328 g/mol. The highest BCUT2D eigenvalue weighted by Gasteiger charge is 2.20. The number of ether oxygens (including phenoxy) is 1. The molecule has 4 heteroatoms. The summed E-state index contributed by atoms with van der Waals surface area (Å²) in [7, 11) is 0. The fourth-order valence-electron chi connectivity index (χ4n) is 3.20. The molecule has 0 spiro atoms. The summed E-state index contributed by atoms with van der Waals surface area (Å²) in [5.74, 6) is 0.951. The third-order valence-electron chi connectivity index (χ3n) is 4.16. The second kappa shape index (κ2) is 9.28. The molecule has 1 aliphatic rings. The number of nitrogens with zero attached hydrogens (tertiary/aromatic N) is 1. The Bertz CT molecular complexity index is 583. The van der Waals surface area contributed by atoms with Crippen LogP contribution in [0.5, 0.6) is 5.75 Å². The first kappa shape index (κ1) is 18.3. The molecule has 0 aliphatic carbocycles. The van der Waals surface area contributed by atoms with Crippen LogP contribution in [-0.2, 0) is 17.8 Å². The molecule has 24 heavy (non-hydrogen) atoms. The summed E-state index contributed by atoms with van der Waals surface area (Å²) in [6.07, 6.45) is 6.61. The van der Waals surface area contributed by atoms with Crippen LogP contribution in [-0.4, -0.2) is 36.5 Å². The molecular weight excluding hydrogens is 300 g/mol. The highest BCUT2D eigenvalue weighted by atomic mass is 16.5. The SMILES string of the molecule is C=CCOc1ccc(CN2CCCC(NC(C)=O)C2)cc1CC=C. The van der Waals surface area contributed by atoms with Gasteiger partial charge in [0, 0.05) is 26.1 Å². The predicted molar refractivity (Wildman–Crippen MR) is 98.2 cm³/mol. The van der Waals surface area contributed by atoms with Gasteiger partial charge in [0.25, 0.3) is 0 Å². The molecular formula is C20H28N2O2. The van der Waals surface area contributed by atoms with Crippen molar-refractivity contribution in [2.24, 2.45) is 0 Å². The van der Waals surface area contributed by atoms with Gasteiger partial charge in [-0.05, 0) is 43.0 Å². The average Bonchev–Trinajstić information content (AvgIpc) is 2.54. The minimum Gasteiger partial charge on any atom is -0.489 e. The van der Waals surface area contributed by atoms with Crippen molar-refractivity contribution in [2.75, 3.05) is 19.7 Å². The molecule has 1 saturated heterocycles. The molecule has 1 aromatic rings. The molecule has 1 atom stereocenters. The van der Waals surface area contributed by atoms with E-state index in [2.05, 4.69) is 35.5 Å². The average molecular weight is 328 g/mol. The largest absolute Gasteiger partial charge is 0.489 e. The van der Waals surface area contributed by atoms with E-state index < -0.39 is 0 Å². The van der Waals surface area contributed by atoms with E-state index in [-0.39, 0.29) is 11.9 Å². The van der Waals surface area contributed by atoms with E-state index in [1.807, 2.05) is 12.1 Å². The standard InChI is InChI=1S/C20H28N2O2/c1-4-7-18-13-17(9-10-20(18)24-12-5-2)14-22-11-6-8-19(15-22)21-16(3)23/h4-5,9-10,13,19H,1-2,6-8,11-12,14-15H2,3H3,(H,21,23). The molecule has 1 aromatic carbocycles. The van der Waals surface area contributed by atoms with Crippen LogP contribution in [0.15, 0.2) is 43.5 Å². The minimum absolute atomic E-state index is 0.0545. The van der Waals surface area contributed by atoms with E-state index in [4.69, 9.17) is 4.74 Å². The van der Waals surface area contributed by atoms with Gasteiger partial charge in [0.05, 0.1) is 0 Å². The van der Waals surface area contributed by atoms with Gasteiger partial charge in [0.1, 0.15) is 12.4 Å². The van der Waals surface area contributed by atoms with E-state index in [0.717, 1.165) is 50.2 Å². The van der Waals surface area contributed by atoms with E-state index >= 15 is 0 Å². The summed E-state index contributed by atoms with van der Waals surface area (Å²) < 4.78 is 5.72. The zero-order valence-corrected chi connectivity index (χ0v) is 14.6. The minimum atomic E-state index is 0.0545. The molecule has 0 saturated carbocycles. The van der Waals surface area contributed by atoms with Crippen LogP contribution >= 0.6 is 0 Å². The zero-order chi connectivity index (χ0) is 17.4. The van der Waals surface area contributed by atoms with Crippen LogP contribution in [0.2, 0.25) is 0 Å². The molecule has 0 aromatic heterocycles. The van der Waals surface area contributed by atoms with Gasteiger partial charge >= 0.3 is 0 Å². The molecule has 1 heterocycles. The summed E-state index contributed by atoms with van der Waals surface area (Å²) >= 11 is 0. The Morgan fingerprint density at radius 3 is 2.96 bits per heavy atom. The van der Waals surface area contributed by atoms with Crippen molar-refractivity contribution in [1.29, 1.82) is 0 Å². The van der Waals surface area contributed by atoms with Gasteiger partial charge in [-0.3, -0.25) is 9.69 Å². The van der Waals surface area contributed by atoms with Gasteiger partial charge in [0.15, 0.2) is 0 Å². The van der Waals surface area contributed by atoms with Gasteiger partial charge in [-0.25, -0.2) is 0 Å². The van der Waals surface area contributed by atoms with Gasteiger partial charge in [-0.1, -0.05) is 30.9 Å². The Balaban J connectivity index is 2.03. The number of amides is 1. The molecule has 1 unspecified atom stereocenters. The highest BCUT2D eigenvalue weighted by Crippen LogP contribution is 2.23. The van der Waals surface area contributed by atoms with Crippen molar-refractivity contribution in [1.82, 2.24) is 10.2 Å². The van der Waals surface area contributed by atoms with E-state index in [9.17, 15) is 4.79 Å². The molecule has 2 rings (SSSR count). The third-order valence-corrected chi connectivity index (χ3v) is 4.16. The van der Waals surface area contributed by atoms with Gasteiger partial charge in [-0.2, -0.15) is 0 Å². The van der Waals surface area contributed by atoms with Crippen molar-refractivity contribution >= 4 is 5.91 Å². The first-order valence-corrected chi connectivity index (χ1v) is 8.58. The highest BCUT2D eigenvalue weighted by molar-refractivity contribution is 5.73. The zero-order valence-electron chi connectivity index (χ0n) is 14.6. The number of nitrogens with one attached hydrogen (secondary N) is 1. The number of hydrogen-bond donors (Lipinski definition) is 1. The Morgan fingerprint density at radius 2 is 2.25 bits per heavy atom. The van der Waals surface area contributed by atoms with Crippen molar-refractivity contribution in [3.8, 4) is 5.75 Å². The number of likely N-dealkylation sites (tertiary alicyclic amines) is 1. The lowest BCUT2D eigenvalue weighted by molar-refractivity contribution is -0.120. The molecule has 4 nitrogen and oxygen atoms in total. The van der Waals surface area contributed by atoms with Crippen LogP contribution in [0, 0.1) is 0 Å².